The van der Waals surface area contributed by atoms with Crippen LogP contribution in [0.25, 0.3) is 0 Å². The Morgan fingerprint density at radius 3 is 3.00 bits per heavy atom. The largest absolute Gasteiger partial charge is 0.377 e. The van der Waals surface area contributed by atoms with Crippen molar-refractivity contribution in [3.63, 3.8) is 0 Å². The lowest BCUT2D eigenvalue weighted by Crippen LogP contribution is -2.47. The third kappa shape index (κ3) is 4.38. The van der Waals surface area contributed by atoms with Crippen molar-refractivity contribution < 1.29 is 14.3 Å². The lowest BCUT2D eigenvalue weighted by atomic mass is 9.99. The van der Waals surface area contributed by atoms with E-state index in [1.807, 2.05) is 19.1 Å². The highest BCUT2D eigenvalue weighted by Crippen LogP contribution is 2.33. The minimum atomic E-state index is -0.550. The summed E-state index contributed by atoms with van der Waals surface area (Å²) in [5.74, 6) is -0.0574. The van der Waals surface area contributed by atoms with Crippen molar-refractivity contribution in [2.75, 3.05) is 26.3 Å². The molecule has 29 heavy (non-hydrogen) atoms. The van der Waals surface area contributed by atoms with Gasteiger partial charge in [0.2, 0.25) is 0 Å². The second-order valence-electron chi connectivity index (χ2n) is 7.68. The van der Waals surface area contributed by atoms with E-state index in [0.717, 1.165) is 25.0 Å². The maximum atomic E-state index is 13.0. The number of hydrogen-bond acceptors (Lipinski definition) is 6. The minimum absolute atomic E-state index is 0.0574. The van der Waals surface area contributed by atoms with Crippen molar-refractivity contribution in [2.45, 2.75) is 44.4 Å². The van der Waals surface area contributed by atoms with E-state index in [0.29, 0.717) is 38.4 Å². The van der Waals surface area contributed by atoms with E-state index >= 15 is 0 Å². The molecule has 2 atom stereocenters. The number of ether oxygens (including phenoxy) is 2. The van der Waals surface area contributed by atoms with Crippen LogP contribution in [0.4, 0.5) is 0 Å². The second kappa shape index (κ2) is 8.42. The smallest absolute Gasteiger partial charge is 0.266 e. The monoisotopic (exact) mass is 398 g/mol. The van der Waals surface area contributed by atoms with E-state index in [1.165, 1.54) is 10.7 Å². The molecule has 2 aromatic rings. The van der Waals surface area contributed by atoms with Crippen LogP contribution in [0.15, 0.2) is 41.5 Å². The molecule has 2 aliphatic rings. The zero-order valence-electron chi connectivity index (χ0n) is 16.6. The molecule has 0 aromatic carbocycles. The minimum Gasteiger partial charge on any atom is -0.377 e. The zero-order chi connectivity index (χ0) is 20.3. The molecule has 2 aliphatic heterocycles. The van der Waals surface area contributed by atoms with Gasteiger partial charge in [0.25, 0.3) is 11.5 Å². The number of carbonyl (C=O) groups is 1. The van der Waals surface area contributed by atoms with E-state index in [2.05, 4.69) is 10.1 Å². The Kier molecular flexibility index (Phi) is 5.73. The molecule has 2 saturated heterocycles. The number of rotatable bonds is 4. The van der Waals surface area contributed by atoms with E-state index in [9.17, 15) is 9.59 Å². The van der Waals surface area contributed by atoms with Gasteiger partial charge in [-0.15, -0.1) is 0 Å². The van der Waals surface area contributed by atoms with Gasteiger partial charge < -0.3 is 14.4 Å². The number of amides is 1. The first kappa shape index (κ1) is 19.7. The molecule has 2 unspecified atom stereocenters. The summed E-state index contributed by atoms with van der Waals surface area (Å²) in [6.07, 6.45) is 5.51. The fraction of sp³-hybridized carbons (Fsp3) is 0.524. The van der Waals surface area contributed by atoms with Crippen molar-refractivity contribution in [2.24, 2.45) is 0 Å². The number of hydrogen-bond donors (Lipinski definition) is 0. The summed E-state index contributed by atoms with van der Waals surface area (Å²) in [7, 11) is 0. The van der Waals surface area contributed by atoms with Gasteiger partial charge in [0.05, 0.1) is 38.0 Å². The van der Waals surface area contributed by atoms with Gasteiger partial charge in [0.15, 0.2) is 0 Å². The highest BCUT2D eigenvalue weighted by atomic mass is 16.6. The van der Waals surface area contributed by atoms with Gasteiger partial charge in [-0.3, -0.25) is 14.6 Å². The second-order valence-corrected chi connectivity index (χ2v) is 7.68. The molecule has 4 heterocycles. The summed E-state index contributed by atoms with van der Waals surface area (Å²) in [5.41, 5.74) is 0.846. The van der Waals surface area contributed by atoms with Crippen molar-refractivity contribution in [3.05, 3.63) is 58.3 Å². The standard InChI is InChI=1S/C21H26N4O4/c1-2-17-6-5-16(12-22-17)20(27)24-10-11-28-15-21(14-24)8-7-18(29-21)13-25-19(26)4-3-9-23-25/h3-6,9,12,18H,2,7-8,10-11,13-15H2,1H3. The van der Waals surface area contributed by atoms with Crippen LogP contribution >= 0.6 is 0 Å². The molecule has 2 aromatic heterocycles. The van der Waals surface area contributed by atoms with Gasteiger partial charge >= 0.3 is 0 Å². The third-order valence-corrected chi connectivity index (χ3v) is 5.57. The fourth-order valence-electron chi connectivity index (χ4n) is 3.99. The van der Waals surface area contributed by atoms with E-state index < -0.39 is 5.60 Å². The molecule has 1 amide bonds. The Hall–Kier alpha value is -2.58. The van der Waals surface area contributed by atoms with Crippen LogP contribution in [0.1, 0.15) is 35.8 Å². The van der Waals surface area contributed by atoms with Crippen LogP contribution in [0.5, 0.6) is 0 Å². The highest BCUT2D eigenvalue weighted by molar-refractivity contribution is 5.94. The molecule has 0 aliphatic carbocycles. The number of pyridine rings is 1. The van der Waals surface area contributed by atoms with Crippen molar-refractivity contribution in [1.82, 2.24) is 19.7 Å². The summed E-state index contributed by atoms with van der Waals surface area (Å²) in [6, 6.07) is 6.84. The Morgan fingerprint density at radius 1 is 1.34 bits per heavy atom. The summed E-state index contributed by atoms with van der Waals surface area (Å²) in [4.78, 5) is 31.1. The van der Waals surface area contributed by atoms with Gasteiger partial charge in [-0.05, 0) is 37.5 Å². The number of nitrogens with zero attached hydrogens (tertiary/aromatic N) is 4. The predicted octanol–water partition coefficient (Wildman–Crippen LogP) is 1.29. The molecule has 154 valence electrons. The number of aryl methyl sites for hydroxylation is 1. The van der Waals surface area contributed by atoms with Gasteiger partial charge in [0.1, 0.15) is 5.60 Å². The van der Waals surface area contributed by atoms with Crippen LogP contribution in [0, 0.1) is 0 Å². The Labute approximate surface area is 169 Å². The maximum Gasteiger partial charge on any atom is 0.266 e. The van der Waals surface area contributed by atoms with Gasteiger partial charge in [0, 0.05) is 30.7 Å². The summed E-state index contributed by atoms with van der Waals surface area (Å²) in [5, 5.41) is 4.11. The first-order valence-electron chi connectivity index (χ1n) is 10.1. The average molecular weight is 398 g/mol. The first-order valence-corrected chi connectivity index (χ1v) is 10.1. The van der Waals surface area contributed by atoms with E-state index in [4.69, 9.17) is 9.47 Å². The molecule has 4 rings (SSSR count). The highest BCUT2D eigenvalue weighted by Gasteiger charge is 2.44. The van der Waals surface area contributed by atoms with E-state index in [-0.39, 0.29) is 17.6 Å². The molecule has 0 radical (unpaired) electrons. The molecular weight excluding hydrogens is 372 g/mol. The van der Waals surface area contributed by atoms with Gasteiger partial charge in [-0.2, -0.15) is 5.10 Å². The van der Waals surface area contributed by atoms with Crippen LogP contribution in [0.2, 0.25) is 0 Å². The molecule has 8 nitrogen and oxygen atoms in total. The lowest BCUT2D eigenvalue weighted by molar-refractivity contribution is -0.0883. The van der Waals surface area contributed by atoms with Crippen molar-refractivity contribution in [1.29, 1.82) is 0 Å². The molecular formula is C21H26N4O4. The molecule has 0 N–H and O–H groups in total. The predicted molar refractivity (Wildman–Crippen MR) is 106 cm³/mol. The van der Waals surface area contributed by atoms with Crippen molar-refractivity contribution >= 4 is 5.91 Å². The molecule has 1 spiro atoms. The topological polar surface area (TPSA) is 86.6 Å². The Morgan fingerprint density at radius 2 is 2.24 bits per heavy atom. The number of aromatic nitrogens is 3. The first-order chi connectivity index (χ1) is 14.1. The van der Waals surface area contributed by atoms with Crippen LogP contribution in [0.3, 0.4) is 0 Å². The fourth-order valence-corrected chi connectivity index (χ4v) is 3.99. The Bertz CT molecular complexity index is 913. The van der Waals surface area contributed by atoms with Crippen LogP contribution in [-0.4, -0.2) is 63.6 Å². The third-order valence-electron chi connectivity index (χ3n) is 5.57. The van der Waals surface area contributed by atoms with Crippen LogP contribution in [-0.2, 0) is 22.4 Å². The zero-order valence-corrected chi connectivity index (χ0v) is 16.6. The van der Waals surface area contributed by atoms with Gasteiger partial charge in [-0.25, -0.2) is 4.68 Å². The average Bonchev–Trinajstić information content (AvgIpc) is 3.01. The maximum absolute atomic E-state index is 13.0. The molecule has 0 saturated carbocycles. The van der Waals surface area contributed by atoms with Crippen LogP contribution < -0.4 is 5.56 Å². The van der Waals surface area contributed by atoms with Crippen molar-refractivity contribution in [3.8, 4) is 0 Å². The summed E-state index contributed by atoms with van der Waals surface area (Å²) < 4.78 is 13.6. The lowest BCUT2D eigenvalue weighted by Gasteiger charge is -2.32. The Balaban J connectivity index is 1.46. The van der Waals surface area contributed by atoms with Gasteiger partial charge in [-0.1, -0.05) is 6.92 Å². The SMILES string of the molecule is CCc1ccc(C(=O)N2CCOCC3(CCC(Cn4ncccc4=O)O3)C2)cn1. The van der Waals surface area contributed by atoms with E-state index in [1.54, 1.807) is 23.4 Å². The molecule has 8 heteroatoms. The quantitative estimate of drug-likeness (QED) is 0.771. The summed E-state index contributed by atoms with van der Waals surface area (Å²) >= 11 is 0. The molecule has 0 bridgehead atoms. The normalized spacial score (nSPS) is 24.6. The molecule has 2 fully saturated rings. The summed E-state index contributed by atoms with van der Waals surface area (Å²) in [6.45, 7) is 4.34. The number of carbonyl (C=O) groups excluding carboxylic acids is 1.